The molecule has 1 aromatic heterocycles. The minimum Gasteiger partial charge on any atom is -0.504 e. The van der Waals surface area contributed by atoms with Crippen LogP contribution in [-0.2, 0) is 25.1 Å². The van der Waals surface area contributed by atoms with Crippen molar-refractivity contribution >= 4 is 17.7 Å². The largest absolute Gasteiger partial charge is 0.504 e. The maximum absolute atomic E-state index is 12.4. The number of rotatable bonds is 10. The summed E-state index contributed by atoms with van der Waals surface area (Å²) in [6.45, 7) is 0.581. The van der Waals surface area contributed by atoms with Crippen LogP contribution in [0.1, 0.15) is 64.4 Å². The molecule has 39 heavy (non-hydrogen) atoms. The van der Waals surface area contributed by atoms with Crippen LogP contribution in [0.4, 0.5) is 0 Å². The third-order valence-electron chi connectivity index (χ3n) is 7.47. The normalized spacial score (nSPS) is 15.4. The number of imidazole rings is 1. The summed E-state index contributed by atoms with van der Waals surface area (Å²) in [5, 5.41) is 14.3. The molecule has 1 fully saturated rings. The van der Waals surface area contributed by atoms with Crippen LogP contribution < -0.4 is 10.1 Å². The maximum atomic E-state index is 12.4. The highest BCUT2D eigenvalue weighted by atomic mass is 32.2. The molecular weight excluding hydrogens is 506 g/mol. The van der Waals surface area contributed by atoms with Crippen LogP contribution in [0.5, 0.6) is 11.5 Å². The highest BCUT2D eigenvalue weighted by molar-refractivity contribution is 7.98. The molecule has 6 rings (SSSR count). The zero-order valence-corrected chi connectivity index (χ0v) is 22.7. The van der Waals surface area contributed by atoms with Crippen molar-refractivity contribution in [2.75, 3.05) is 0 Å². The summed E-state index contributed by atoms with van der Waals surface area (Å²) in [7, 11) is 0. The summed E-state index contributed by atoms with van der Waals surface area (Å²) in [5.74, 6) is 1.44. The standard InChI is InChI=1S/C32H33N3O3S/c36-29-18-24-8-4-5-9-27(24)28(20-39-26-14-10-23(11-15-26)32(37)34-25-12-13-25)31(29)38-30(19-35-17-16-33-21-35)22-6-2-1-3-7-22/h1-3,6-7,10-11,14-18,21,25,30,36H,4-5,8-9,12-13,19-20H2,(H,34,37)/t30-/m1/s1. The number of phenolic OH excluding ortho intramolecular Hbond substituents is 1. The van der Waals surface area contributed by atoms with Crippen molar-refractivity contribution in [1.29, 1.82) is 0 Å². The van der Waals surface area contributed by atoms with Gasteiger partial charge in [-0.15, -0.1) is 11.8 Å². The summed E-state index contributed by atoms with van der Waals surface area (Å²) in [5.41, 5.74) is 5.32. The Morgan fingerprint density at radius 3 is 2.64 bits per heavy atom. The van der Waals surface area contributed by atoms with Crippen molar-refractivity contribution in [2.24, 2.45) is 0 Å². The van der Waals surface area contributed by atoms with Gasteiger partial charge >= 0.3 is 0 Å². The van der Waals surface area contributed by atoms with Crippen molar-refractivity contribution in [3.8, 4) is 11.5 Å². The van der Waals surface area contributed by atoms with E-state index in [1.54, 1.807) is 24.3 Å². The van der Waals surface area contributed by atoms with Crippen LogP contribution in [0.25, 0.3) is 0 Å². The number of nitrogens with zero attached hydrogens (tertiary/aromatic N) is 2. The fourth-order valence-corrected chi connectivity index (χ4v) is 6.15. The Morgan fingerprint density at radius 1 is 1.10 bits per heavy atom. The van der Waals surface area contributed by atoms with Gasteiger partial charge in [0.1, 0.15) is 6.10 Å². The number of hydrogen-bond acceptors (Lipinski definition) is 5. The van der Waals surface area contributed by atoms with Gasteiger partial charge in [0.25, 0.3) is 5.91 Å². The fourth-order valence-electron chi connectivity index (χ4n) is 5.20. The Kier molecular flexibility index (Phi) is 7.59. The number of carbonyl (C=O) groups excluding carboxylic acids is 1. The van der Waals surface area contributed by atoms with Crippen LogP contribution in [0.2, 0.25) is 0 Å². The molecule has 0 saturated heterocycles. The first-order valence-electron chi connectivity index (χ1n) is 13.7. The summed E-state index contributed by atoms with van der Waals surface area (Å²) >= 11 is 1.71. The predicted molar refractivity (Wildman–Crippen MR) is 153 cm³/mol. The van der Waals surface area contributed by atoms with Crippen molar-refractivity contribution in [3.63, 3.8) is 0 Å². The summed E-state index contributed by atoms with van der Waals surface area (Å²) in [6.07, 6.45) is 11.6. The van der Waals surface area contributed by atoms with Crippen molar-refractivity contribution < 1.29 is 14.6 Å². The Morgan fingerprint density at radius 2 is 1.90 bits per heavy atom. The molecule has 3 aromatic carbocycles. The summed E-state index contributed by atoms with van der Waals surface area (Å²) < 4.78 is 8.72. The fraction of sp³-hybridized carbons (Fsp3) is 0.312. The third-order valence-corrected chi connectivity index (χ3v) is 8.51. The van der Waals surface area contributed by atoms with Gasteiger partial charge in [0.2, 0.25) is 0 Å². The molecule has 200 valence electrons. The number of ether oxygens (including phenoxy) is 1. The van der Waals surface area contributed by atoms with Crippen molar-refractivity contribution in [2.45, 2.75) is 67.9 Å². The van der Waals surface area contributed by atoms with Crippen LogP contribution in [-0.4, -0.2) is 26.6 Å². The minimum absolute atomic E-state index is 0.00312. The summed E-state index contributed by atoms with van der Waals surface area (Å²) in [6, 6.07) is 20.2. The molecule has 0 bridgehead atoms. The zero-order valence-electron chi connectivity index (χ0n) is 21.9. The third kappa shape index (κ3) is 6.14. The number of benzene rings is 3. The Hall–Kier alpha value is -3.71. The van der Waals surface area contributed by atoms with Crippen LogP contribution in [0.15, 0.2) is 84.3 Å². The summed E-state index contributed by atoms with van der Waals surface area (Å²) in [4.78, 5) is 17.7. The van der Waals surface area contributed by atoms with E-state index in [0.29, 0.717) is 29.7 Å². The Labute approximate surface area is 233 Å². The first kappa shape index (κ1) is 25.6. The van der Waals surface area contributed by atoms with Gasteiger partial charge in [0.05, 0.1) is 12.9 Å². The van der Waals surface area contributed by atoms with Gasteiger partial charge in [0.15, 0.2) is 11.5 Å². The first-order valence-corrected chi connectivity index (χ1v) is 14.7. The van der Waals surface area contributed by atoms with Gasteiger partial charge in [-0.25, -0.2) is 4.98 Å². The number of amides is 1. The Balaban J connectivity index is 1.28. The molecule has 1 atom stereocenters. The molecule has 1 heterocycles. The quantitative estimate of drug-likeness (QED) is 0.226. The molecule has 0 aliphatic heterocycles. The monoisotopic (exact) mass is 539 g/mol. The lowest BCUT2D eigenvalue weighted by Crippen LogP contribution is -2.25. The number of carbonyl (C=O) groups is 1. The lowest BCUT2D eigenvalue weighted by Gasteiger charge is -2.27. The molecule has 1 saturated carbocycles. The smallest absolute Gasteiger partial charge is 0.251 e. The number of aromatic nitrogens is 2. The average molecular weight is 540 g/mol. The van der Waals surface area contributed by atoms with Crippen molar-refractivity contribution in [1.82, 2.24) is 14.9 Å². The van der Waals surface area contributed by atoms with Gasteiger partial charge < -0.3 is 19.7 Å². The number of phenols is 1. The van der Waals surface area contributed by atoms with Gasteiger partial charge in [-0.1, -0.05) is 30.3 Å². The van der Waals surface area contributed by atoms with E-state index in [2.05, 4.69) is 22.4 Å². The zero-order chi connectivity index (χ0) is 26.6. The second-order valence-corrected chi connectivity index (χ2v) is 11.4. The predicted octanol–water partition coefficient (Wildman–Crippen LogP) is 6.47. The molecule has 0 unspecified atom stereocenters. The van der Waals surface area contributed by atoms with E-state index in [0.717, 1.165) is 54.5 Å². The molecule has 4 aromatic rings. The maximum Gasteiger partial charge on any atom is 0.251 e. The number of aryl methyl sites for hydroxylation is 1. The van der Waals surface area contributed by atoms with Gasteiger partial charge in [-0.05, 0) is 85.5 Å². The molecule has 6 nitrogen and oxygen atoms in total. The highest BCUT2D eigenvalue weighted by Crippen LogP contribution is 2.43. The lowest BCUT2D eigenvalue weighted by atomic mass is 9.88. The van der Waals surface area contributed by atoms with E-state index in [9.17, 15) is 9.90 Å². The van der Waals surface area contributed by atoms with Crippen LogP contribution in [0.3, 0.4) is 0 Å². The highest BCUT2D eigenvalue weighted by Gasteiger charge is 2.26. The molecule has 1 amide bonds. The topological polar surface area (TPSA) is 76.4 Å². The van der Waals surface area contributed by atoms with E-state index in [4.69, 9.17) is 4.74 Å². The van der Waals surface area contributed by atoms with Crippen LogP contribution in [0, 0.1) is 0 Å². The number of fused-ring (bicyclic) bond motifs is 1. The van der Waals surface area contributed by atoms with Gasteiger partial charge in [0, 0.05) is 40.2 Å². The molecule has 2 N–H and O–H groups in total. The van der Waals surface area contributed by atoms with Crippen LogP contribution >= 0.6 is 11.8 Å². The molecular formula is C32H33N3O3S. The van der Waals surface area contributed by atoms with Crippen molar-refractivity contribution in [3.05, 3.63) is 107 Å². The number of hydrogen-bond donors (Lipinski definition) is 2. The molecule has 0 radical (unpaired) electrons. The first-order chi connectivity index (χ1) is 19.1. The van der Waals surface area contributed by atoms with Gasteiger partial charge in [-0.3, -0.25) is 4.79 Å². The second kappa shape index (κ2) is 11.6. The second-order valence-electron chi connectivity index (χ2n) is 10.4. The number of nitrogens with one attached hydrogen (secondary N) is 1. The molecule has 7 heteroatoms. The van der Waals surface area contributed by atoms with E-state index in [-0.39, 0.29) is 17.8 Å². The average Bonchev–Trinajstić information content (AvgIpc) is 3.63. The van der Waals surface area contributed by atoms with E-state index in [1.165, 1.54) is 11.1 Å². The van der Waals surface area contributed by atoms with E-state index >= 15 is 0 Å². The Bertz CT molecular complexity index is 1420. The van der Waals surface area contributed by atoms with E-state index < -0.39 is 0 Å². The van der Waals surface area contributed by atoms with E-state index in [1.807, 2.05) is 59.3 Å². The molecule has 2 aliphatic rings. The van der Waals surface area contributed by atoms with Gasteiger partial charge in [-0.2, -0.15) is 0 Å². The minimum atomic E-state index is -0.291. The number of thioether (sulfide) groups is 1. The lowest BCUT2D eigenvalue weighted by molar-refractivity contribution is 0.0951. The number of aromatic hydroxyl groups is 1. The SMILES string of the molecule is O=C(NC1CC1)c1ccc(SCc2c3c(cc(O)c2O[C@H](Cn2ccnc2)c2ccccc2)CCCC3)cc1. The molecule has 0 spiro atoms. The molecule has 2 aliphatic carbocycles.